The van der Waals surface area contributed by atoms with Crippen LogP contribution in [0.2, 0.25) is 0 Å². The fourth-order valence-corrected chi connectivity index (χ4v) is 2.49. The molecule has 6 heteroatoms. The van der Waals surface area contributed by atoms with E-state index in [9.17, 15) is 18.7 Å². The zero-order valence-corrected chi connectivity index (χ0v) is 9.75. The third kappa shape index (κ3) is 2.39. The minimum atomic E-state index is -1.36. The van der Waals surface area contributed by atoms with Gasteiger partial charge in [0.15, 0.2) is 0 Å². The van der Waals surface area contributed by atoms with E-state index in [1.807, 2.05) is 0 Å². The van der Waals surface area contributed by atoms with Gasteiger partial charge in [-0.1, -0.05) is 0 Å². The van der Waals surface area contributed by atoms with E-state index < -0.39 is 23.7 Å². The van der Waals surface area contributed by atoms with E-state index in [0.717, 1.165) is 23.5 Å². The van der Waals surface area contributed by atoms with Crippen LogP contribution in [0.3, 0.4) is 0 Å². The number of carboxylic acid groups (broad SMARTS) is 1. The molecule has 2 N–H and O–H groups in total. The highest BCUT2D eigenvalue weighted by Crippen LogP contribution is 2.30. The van der Waals surface area contributed by atoms with Gasteiger partial charge in [-0.2, -0.15) is 0 Å². The molecule has 1 atom stereocenters. The van der Waals surface area contributed by atoms with Gasteiger partial charge in [-0.25, -0.2) is 13.6 Å². The van der Waals surface area contributed by atoms with Gasteiger partial charge in [0.2, 0.25) is 0 Å². The summed E-state index contributed by atoms with van der Waals surface area (Å²) in [6.45, 7) is 0. The van der Waals surface area contributed by atoms with E-state index in [2.05, 4.69) is 0 Å². The first kappa shape index (κ1) is 12.7. The molecule has 0 amide bonds. The first-order valence-corrected chi connectivity index (χ1v) is 5.81. The molecule has 94 valence electrons. The number of carboxylic acids is 1. The molecule has 0 fully saturated rings. The number of hydrogen-bond acceptors (Lipinski definition) is 3. The monoisotopic (exact) mass is 270 g/mol. The Balaban J connectivity index is 2.44. The topological polar surface area (TPSA) is 57.5 Å². The number of benzene rings is 1. The van der Waals surface area contributed by atoms with Gasteiger partial charge in [-0.05, 0) is 29.1 Å². The number of thiophene rings is 1. The molecule has 0 saturated carbocycles. The Morgan fingerprint density at radius 3 is 2.39 bits per heavy atom. The number of carbonyl (C=O) groups is 1. The van der Waals surface area contributed by atoms with Crippen molar-refractivity contribution in [3.8, 4) is 0 Å². The van der Waals surface area contributed by atoms with Crippen molar-refractivity contribution in [1.82, 2.24) is 0 Å². The lowest BCUT2D eigenvalue weighted by Gasteiger charge is -2.10. The van der Waals surface area contributed by atoms with Crippen LogP contribution in [0.25, 0.3) is 0 Å². The maximum Gasteiger partial charge on any atom is 0.336 e. The molecule has 1 unspecified atom stereocenters. The molecule has 3 nitrogen and oxygen atoms in total. The molecule has 0 bridgehead atoms. The molecule has 0 aliphatic heterocycles. The average Bonchev–Trinajstić information content (AvgIpc) is 2.75. The number of rotatable bonds is 3. The van der Waals surface area contributed by atoms with Gasteiger partial charge in [0, 0.05) is 6.07 Å². The van der Waals surface area contributed by atoms with Gasteiger partial charge in [-0.3, -0.25) is 0 Å². The first-order chi connectivity index (χ1) is 8.49. The Morgan fingerprint density at radius 1 is 1.22 bits per heavy atom. The molecule has 2 aromatic rings. The summed E-state index contributed by atoms with van der Waals surface area (Å²) in [4.78, 5) is 11.0. The van der Waals surface area contributed by atoms with Crippen LogP contribution in [0.4, 0.5) is 8.78 Å². The molecule has 1 heterocycles. The predicted molar refractivity (Wildman–Crippen MR) is 61.7 cm³/mol. The van der Waals surface area contributed by atoms with Crippen LogP contribution >= 0.6 is 11.3 Å². The number of halogens is 2. The zero-order valence-electron chi connectivity index (χ0n) is 8.93. The van der Waals surface area contributed by atoms with Crippen molar-refractivity contribution in [2.45, 2.75) is 6.10 Å². The molecule has 1 aromatic carbocycles. The Hall–Kier alpha value is -1.79. The first-order valence-electron chi connectivity index (χ1n) is 4.94. The molecule has 1 aromatic heterocycles. The molecular weight excluding hydrogens is 262 g/mol. The highest BCUT2D eigenvalue weighted by atomic mass is 32.1. The summed E-state index contributed by atoms with van der Waals surface area (Å²) >= 11 is 1.02. The Bertz CT molecular complexity index is 575. The fourth-order valence-electron chi connectivity index (χ4n) is 1.59. The number of aromatic carboxylic acids is 1. The van der Waals surface area contributed by atoms with Gasteiger partial charge in [0.1, 0.15) is 17.7 Å². The second kappa shape index (κ2) is 4.83. The van der Waals surface area contributed by atoms with Crippen molar-refractivity contribution in [2.75, 3.05) is 0 Å². The smallest absolute Gasteiger partial charge is 0.336 e. The summed E-state index contributed by atoms with van der Waals surface area (Å²) in [5.41, 5.74) is -0.0883. The Labute approximate surface area is 105 Å². The highest BCUT2D eigenvalue weighted by Gasteiger charge is 2.21. The number of aliphatic hydroxyl groups excluding tert-OH is 1. The summed E-state index contributed by atoms with van der Waals surface area (Å²) < 4.78 is 26.1. The van der Waals surface area contributed by atoms with Gasteiger partial charge in [0.25, 0.3) is 0 Å². The lowest BCUT2D eigenvalue weighted by Crippen LogP contribution is -2.05. The van der Waals surface area contributed by atoms with Crippen molar-refractivity contribution in [3.63, 3.8) is 0 Å². The minimum Gasteiger partial charge on any atom is -0.478 e. The molecule has 0 spiro atoms. The summed E-state index contributed by atoms with van der Waals surface area (Å²) in [5, 5.41) is 20.4. The second-order valence-corrected chi connectivity index (χ2v) is 4.56. The van der Waals surface area contributed by atoms with Crippen LogP contribution in [0, 0.1) is 11.6 Å². The van der Waals surface area contributed by atoms with Gasteiger partial charge in [-0.15, -0.1) is 11.3 Å². The second-order valence-electron chi connectivity index (χ2n) is 3.61. The quantitative estimate of drug-likeness (QED) is 0.901. The van der Waals surface area contributed by atoms with Gasteiger partial charge in [0.05, 0.1) is 10.4 Å². The molecule has 0 aliphatic rings. The van der Waals surface area contributed by atoms with Crippen LogP contribution in [0.5, 0.6) is 0 Å². The normalized spacial score (nSPS) is 12.4. The summed E-state index contributed by atoms with van der Waals surface area (Å²) in [5.74, 6) is -2.84. The minimum absolute atomic E-state index is 0.0162. The van der Waals surface area contributed by atoms with Crippen LogP contribution in [0.15, 0.2) is 29.6 Å². The van der Waals surface area contributed by atoms with Gasteiger partial charge < -0.3 is 10.2 Å². The molecule has 18 heavy (non-hydrogen) atoms. The Kier molecular flexibility index (Phi) is 3.40. The SMILES string of the molecule is O=C(O)c1ccsc1C(O)c1cc(F)cc(F)c1. The van der Waals surface area contributed by atoms with Crippen LogP contribution in [0.1, 0.15) is 26.9 Å². The van der Waals surface area contributed by atoms with Crippen LogP contribution in [-0.4, -0.2) is 16.2 Å². The summed E-state index contributed by atoms with van der Waals surface area (Å²) in [6, 6.07) is 3.96. The van der Waals surface area contributed by atoms with E-state index in [0.29, 0.717) is 6.07 Å². The van der Waals surface area contributed by atoms with E-state index in [4.69, 9.17) is 5.11 Å². The number of aliphatic hydroxyl groups is 1. The van der Waals surface area contributed by atoms with Crippen molar-refractivity contribution in [3.05, 3.63) is 57.3 Å². The maximum atomic E-state index is 13.0. The predicted octanol–water partition coefficient (Wildman–Crippen LogP) is 2.81. The average molecular weight is 270 g/mol. The van der Waals surface area contributed by atoms with Crippen molar-refractivity contribution in [1.29, 1.82) is 0 Å². The molecule has 2 rings (SSSR count). The Morgan fingerprint density at radius 2 is 1.83 bits per heavy atom. The molecule has 0 radical (unpaired) electrons. The standard InChI is InChI=1S/C12H8F2O3S/c13-7-3-6(4-8(14)5-7)10(15)11-9(12(16)17)1-2-18-11/h1-5,10,15H,(H,16,17). The lowest BCUT2D eigenvalue weighted by molar-refractivity contribution is 0.0692. The lowest BCUT2D eigenvalue weighted by atomic mass is 10.1. The van der Waals surface area contributed by atoms with Crippen molar-refractivity contribution >= 4 is 17.3 Å². The van der Waals surface area contributed by atoms with Crippen molar-refractivity contribution in [2.24, 2.45) is 0 Å². The van der Waals surface area contributed by atoms with E-state index >= 15 is 0 Å². The largest absolute Gasteiger partial charge is 0.478 e. The zero-order chi connectivity index (χ0) is 13.3. The maximum absolute atomic E-state index is 13.0. The summed E-state index contributed by atoms with van der Waals surface area (Å²) in [6.07, 6.45) is -1.36. The summed E-state index contributed by atoms with van der Waals surface area (Å²) in [7, 11) is 0. The molecular formula is C12H8F2O3S. The van der Waals surface area contributed by atoms with E-state index in [1.54, 1.807) is 0 Å². The fraction of sp³-hybridized carbons (Fsp3) is 0.0833. The van der Waals surface area contributed by atoms with Gasteiger partial charge >= 0.3 is 5.97 Å². The van der Waals surface area contributed by atoms with Crippen LogP contribution < -0.4 is 0 Å². The van der Waals surface area contributed by atoms with E-state index in [1.165, 1.54) is 11.4 Å². The molecule has 0 saturated heterocycles. The number of hydrogen-bond donors (Lipinski definition) is 2. The highest BCUT2D eigenvalue weighted by molar-refractivity contribution is 7.10. The third-order valence-corrected chi connectivity index (χ3v) is 3.34. The van der Waals surface area contributed by atoms with E-state index in [-0.39, 0.29) is 16.0 Å². The van der Waals surface area contributed by atoms with Crippen molar-refractivity contribution < 1.29 is 23.8 Å². The van der Waals surface area contributed by atoms with Crippen LogP contribution in [-0.2, 0) is 0 Å². The third-order valence-electron chi connectivity index (χ3n) is 2.37. The molecule has 0 aliphatic carbocycles.